The van der Waals surface area contributed by atoms with Crippen molar-refractivity contribution in [1.29, 1.82) is 0 Å². The number of hydrogen-bond donors (Lipinski definition) is 0. The highest BCUT2D eigenvalue weighted by atomic mass is 16.5. The molecule has 0 bridgehead atoms. The van der Waals surface area contributed by atoms with Crippen molar-refractivity contribution in [2.75, 3.05) is 56.3 Å². The average molecular weight is 278 g/mol. The van der Waals surface area contributed by atoms with Gasteiger partial charge in [0.15, 0.2) is 0 Å². The summed E-state index contributed by atoms with van der Waals surface area (Å²) in [6, 6.07) is 2.09. The first-order chi connectivity index (χ1) is 9.86. The molecule has 0 N–H and O–H groups in total. The Morgan fingerprint density at radius 1 is 1.15 bits per heavy atom. The summed E-state index contributed by atoms with van der Waals surface area (Å²) in [5.41, 5.74) is 0. The van der Waals surface area contributed by atoms with Gasteiger partial charge in [0.05, 0.1) is 19.3 Å². The molecular formula is C14H22N4O2. The van der Waals surface area contributed by atoms with E-state index < -0.39 is 0 Å². The number of ether oxygens (including phenoxy) is 2. The largest absolute Gasteiger partial charge is 0.380 e. The topological polar surface area (TPSA) is 50.7 Å². The number of hydrogen-bond acceptors (Lipinski definition) is 6. The lowest BCUT2D eigenvalue weighted by Gasteiger charge is -2.33. The van der Waals surface area contributed by atoms with Crippen molar-refractivity contribution in [1.82, 2.24) is 9.97 Å². The summed E-state index contributed by atoms with van der Waals surface area (Å²) in [7, 11) is 1.79. The van der Waals surface area contributed by atoms with Crippen LogP contribution in [-0.4, -0.2) is 62.6 Å². The molecule has 1 unspecified atom stereocenters. The van der Waals surface area contributed by atoms with Gasteiger partial charge in [0.2, 0.25) is 0 Å². The fraction of sp³-hybridized carbons (Fsp3) is 0.714. The van der Waals surface area contributed by atoms with Crippen LogP contribution < -0.4 is 9.80 Å². The van der Waals surface area contributed by atoms with Crippen LogP contribution in [0.3, 0.4) is 0 Å². The molecule has 0 radical (unpaired) electrons. The summed E-state index contributed by atoms with van der Waals surface area (Å²) in [6.45, 7) is 5.30. The monoisotopic (exact) mass is 278 g/mol. The van der Waals surface area contributed by atoms with Crippen LogP contribution in [0.1, 0.15) is 12.8 Å². The van der Waals surface area contributed by atoms with E-state index in [0.29, 0.717) is 6.10 Å². The number of morpholine rings is 1. The Morgan fingerprint density at radius 3 is 2.65 bits per heavy atom. The summed E-state index contributed by atoms with van der Waals surface area (Å²) >= 11 is 0. The van der Waals surface area contributed by atoms with Crippen LogP contribution in [0.5, 0.6) is 0 Å². The Bertz CT molecular complexity index is 437. The van der Waals surface area contributed by atoms with Gasteiger partial charge in [-0.2, -0.15) is 0 Å². The van der Waals surface area contributed by atoms with Crippen molar-refractivity contribution in [3.63, 3.8) is 0 Å². The first-order valence-electron chi connectivity index (χ1n) is 7.29. The molecule has 2 aliphatic heterocycles. The van der Waals surface area contributed by atoms with Gasteiger partial charge in [-0.15, -0.1) is 0 Å². The first-order valence-corrected chi connectivity index (χ1v) is 7.29. The number of aromatic nitrogens is 2. The lowest BCUT2D eigenvalue weighted by Crippen LogP contribution is -2.40. The van der Waals surface area contributed by atoms with Gasteiger partial charge in [0, 0.05) is 39.4 Å². The Kier molecular flexibility index (Phi) is 4.32. The Balaban J connectivity index is 1.73. The second-order valence-electron chi connectivity index (χ2n) is 5.28. The van der Waals surface area contributed by atoms with Crippen LogP contribution in [0.25, 0.3) is 0 Å². The maximum Gasteiger partial charge on any atom is 0.134 e. The second-order valence-corrected chi connectivity index (χ2v) is 5.28. The van der Waals surface area contributed by atoms with E-state index >= 15 is 0 Å². The maximum absolute atomic E-state index is 5.48. The molecule has 2 saturated heterocycles. The summed E-state index contributed by atoms with van der Waals surface area (Å²) in [5.74, 6) is 2.00. The summed E-state index contributed by atoms with van der Waals surface area (Å²) in [6.07, 6.45) is 4.26. The summed E-state index contributed by atoms with van der Waals surface area (Å²) in [5, 5.41) is 0. The molecule has 0 aromatic carbocycles. The number of anilines is 2. The lowest BCUT2D eigenvalue weighted by atomic mass is 10.1. The normalized spacial score (nSPS) is 23.9. The van der Waals surface area contributed by atoms with Crippen LogP contribution in [0.15, 0.2) is 12.4 Å². The van der Waals surface area contributed by atoms with E-state index in [1.807, 2.05) is 0 Å². The van der Waals surface area contributed by atoms with Crippen LogP contribution in [-0.2, 0) is 9.47 Å². The minimum atomic E-state index is 0.311. The molecule has 0 amide bonds. The molecule has 6 heteroatoms. The van der Waals surface area contributed by atoms with Gasteiger partial charge in [0.1, 0.15) is 18.0 Å². The molecule has 3 rings (SSSR count). The third-order valence-corrected chi connectivity index (χ3v) is 4.01. The maximum atomic E-state index is 5.48. The zero-order valence-electron chi connectivity index (χ0n) is 12.0. The third kappa shape index (κ3) is 3.02. The molecule has 110 valence electrons. The molecular weight excluding hydrogens is 256 g/mol. The number of piperidine rings is 1. The summed E-state index contributed by atoms with van der Waals surface area (Å²) in [4.78, 5) is 13.4. The highest BCUT2D eigenvalue weighted by Crippen LogP contribution is 2.22. The standard InChI is InChI=1S/C14H22N4O2/c1-19-12-3-2-4-18(10-12)14-9-13(15-11-16-14)17-5-7-20-8-6-17/h9,11-12H,2-8,10H2,1H3. The minimum Gasteiger partial charge on any atom is -0.380 e. The number of nitrogens with zero attached hydrogens (tertiary/aromatic N) is 4. The molecule has 1 aromatic heterocycles. The van der Waals surface area contributed by atoms with Crippen molar-refractivity contribution in [3.8, 4) is 0 Å². The van der Waals surface area contributed by atoms with Crippen molar-refractivity contribution in [3.05, 3.63) is 12.4 Å². The Hall–Kier alpha value is -1.40. The van der Waals surface area contributed by atoms with E-state index in [1.165, 1.54) is 0 Å². The van der Waals surface area contributed by atoms with E-state index in [2.05, 4.69) is 25.8 Å². The predicted octanol–water partition coefficient (Wildman–Crippen LogP) is 0.928. The Labute approximate surface area is 119 Å². The molecule has 3 heterocycles. The molecule has 2 fully saturated rings. The van der Waals surface area contributed by atoms with Gasteiger partial charge < -0.3 is 19.3 Å². The summed E-state index contributed by atoms with van der Waals surface area (Å²) < 4.78 is 10.9. The molecule has 0 aliphatic carbocycles. The highest BCUT2D eigenvalue weighted by molar-refractivity contribution is 5.50. The molecule has 0 saturated carbocycles. The van der Waals surface area contributed by atoms with Crippen LogP contribution in [0.2, 0.25) is 0 Å². The average Bonchev–Trinajstić information content (AvgIpc) is 2.56. The van der Waals surface area contributed by atoms with Gasteiger partial charge in [-0.05, 0) is 12.8 Å². The quantitative estimate of drug-likeness (QED) is 0.820. The molecule has 0 spiro atoms. The van der Waals surface area contributed by atoms with Crippen LogP contribution in [0.4, 0.5) is 11.6 Å². The minimum absolute atomic E-state index is 0.311. The second kappa shape index (κ2) is 6.37. The van der Waals surface area contributed by atoms with Crippen molar-refractivity contribution in [2.45, 2.75) is 18.9 Å². The Morgan fingerprint density at radius 2 is 1.90 bits per heavy atom. The van der Waals surface area contributed by atoms with Crippen molar-refractivity contribution in [2.24, 2.45) is 0 Å². The van der Waals surface area contributed by atoms with Gasteiger partial charge in [-0.3, -0.25) is 0 Å². The molecule has 6 nitrogen and oxygen atoms in total. The fourth-order valence-electron chi connectivity index (χ4n) is 2.81. The molecule has 20 heavy (non-hydrogen) atoms. The van der Waals surface area contributed by atoms with E-state index in [9.17, 15) is 0 Å². The van der Waals surface area contributed by atoms with Crippen LogP contribution >= 0.6 is 0 Å². The van der Waals surface area contributed by atoms with Gasteiger partial charge in [-0.1, -0.05) is 0 Å². The first kappa shape index (κ1) is 13.6. The molecule has 1 atom stereocenters. The van der Waals surface area contributed by atoms with Gasteiger partial charge in [0.25, 0.3) is 0 Å². The number of rotatable bonds is 3. The van der Waals surface area contributed by atoms with E-state index in [4.69, 9.17) is 9.47 Å². The zero-order chi connectivity index (χ0) is 13.8. The van der Waals surface area contributed by atoms with E-state index in [1.54, 1.807) is 13.4 Å². The van der Waals surface area contributed by atoms with E-state index in [-0.39, 0.29) is 0 Å². The van der Waals surface area contributed by atoms with Gasteiger partial charge >= 0.3 is 0 Å². The molecule has 1 aromatic rings. The van der Waals surface area contributed by atoms with Gasteiger partial charge in [-0.25, -0.2) is 9.97 Å². The van der Waals surface area contributed by atoms with Crippen molar-refractivity contribution >= 4 is 11.6 Å². The smallest absolute Gasteiger partial charge is 0.134 e. The SMILES string of the molecule is COC1CCCN(c2cc(N3CCOCC3)ncn2)C1. The molecule has 2 aliphatic rings. The van der Waals surface area contributed by atoms with Crippen molar-refractivity contribution < 1.29 is 9.47 Å². The van der Waals surface area contributed by atoms with E-state index in [0.717, 1.165) is 63.9 Å². The lowest BCUT2D eigenvalue weighted by molar-refractivity contribution is 0.0891. The highest BCUT2D eigenvalue weighted by Gasteiger charge is 2.21. The predicted molar refractivity (Wildman–Crippen MR) is 77.3 cm³/mol. The zero-order valence-corrected chi connectivity index (χ0v) is 12.0. The fourth-order valence-corrected chi connectivity index (χ4v) is 2.81. The van der Waals surface area contributed by atoms with Crippen LogP contribution in [0, 0.1) is 0 Å². The third-order valence-electron chi connectivity index (χ3n) is 4.01. The number of methoxy groups -OCH3 is 1.